The van der Waals surface area contributed by atoms with Crippen LogP contribution in [0.2, 0.25) is 5.02 Å². The van der Waals surface area contributed by atoms with Crippen LogP contribution < -0.4 is 5.32 Å². The van der Waals surface area contributed by atoms with E-state index in [1.165, 1.54) is 11.9 Å². The number of aromatic nitrogens is 3. The Bertz CT molecular complexity index is 582. The van der Waals surface area contributed by atoms with E-state index in [1.807, 2.05) is 24.3 Å². The van der Waals surface area contributed by atoms with Crippen LogP contribution in [0, 0.1) is 5.92 Å². The van der Waals surface area contributed by atoms with Gasteiger partial charge in [0.25, 0.3) is 0 Å². The molecular formula is C14H15ClN4O. The van der Waals surface area contributed by atoms with E-state index < -0.39 is 0 Å². The monoisotopic (exact) mass is 290 g/mol. The number of rotatable bonds is 5. The molecule has 104 valence electrons. The Morgan fingerprint density at radius 3 is 2.90 bits per heavy atom. The predicted molar refractivity (Wildman–Crippen MR) is 75.4 cm³/mol. The van der Waals surface area contributed by atoms with Gasteiger partial charge in [-0.05, 0) is 30.0 Å². The van der Waals surface area contributed by atoms with E-state index in [9.17, 15) is 4.79 Å². The van der Waals surface area contributed by atoms with E-state index in [0.717, 1.165) is 17.3 Å². The molecule has 2 atom stereocenters. The lowest BCUT2D eigenvalue weighted by Gasteiger charge is -2.04. The van der Waals surface area contributed by atoms with Gasteiger partial charge < -0.3 is 5.32 Å². The molecule has 1 aliphatic rings. The number of H-pyrrole nitrogens is 1. The second kappa shape index (κ2) is 5.63. The van der Waals surface area contributed by atoms with E-state index in [-0.39, 0.29) is 11.8 Å². The third kappa shape index (κ3) is 2.99. The SMILES string of the molecule is O=C(NCCc1ncn[nH]1)C1CC1c1ccc(Cl)cc1. The third-order valence-corrected chi connectivity index (χ3v) is 3.80. The Morgan fingerprint density at radius 2 is 2.20 bits per heavy atom. The van der Waals surface area contributed by atoms with E-state index in [4.69, 9.17) is 11.6 Å². The van der Waals surface area contributed by atoms with Crippen LogP contribution in [0.25, 0.3) is 0 Å². The molecule has 1 fully saturated rings. The Hall–Kier alpha value is -1.88. The predicted octanol–water partition coefficient (Wildman–Crippen LogP) is 1.92. The van der Waals surface area contributed by atoms with Gasteiger partial charge in [0.05, 0.1) is 0 Å². The molecule has 2 unspecified atom stereocenters. The Morgan fingerprint density at radius 1 is 1.40 bits per heavy atom. The Labute approximate surface area is 121 Å². The quantitative estimate of drug-likeness (QED) is 0.884. The minimum atomic E-state index is 0.0888. The maximum absolute atomic E-state index is 12.0. The number of benzene rings is 1. The zero-order chi connectivity index (χ0) is 13.9. The van der Waals surface area contributed by atoms with Crippen LogP contribution in [0.15, 0.2) is 30.6 Å². The minimum Gasteiger partial charge on any atom is -0.355 e. The van der Waals surface area contributed by atoms with Crippen LogP contribution in [0.5, 0.6) is 0 Å². The largest absolute Gasteiger partial charge is 0.355 e. The molecule has 1 saturated carbocycles. The summed E-state index contributed by atoms with van der Waals surface area (Å²) in [4.78, 5) is 16.0. The van der Waals surface area contributed by atoms with Crippen molar-refractivity contribution in [1.82, 2.24) is 20.5 Å². The molecule has 0 spiro atoms. The summed E-state index contributed by atoms with van der Waals surface area (Å²) >= 11 is 5.86. The van der Waals surface area contributed by atoms with Crippen LogP contribution in [0.3, 0.4) is 0 Å². The fourth-order valence-corrected chi connectivity index (χ4v) is 2.48. The number of carbonyl (C=O) groups is 1. The number of nitrogens with one attached hydrogen (secondary N) is 2. The first-order valence-electron chi connectivity index (χ1n) is 6.61. The molecule has 5 nitrogen and oxygen atoms in total. The van der Waals surface area contributed by atoms with Crippen LogP contribution >= 0.6 is 11.6 Å². The molecule has 6 heteroatoms. The third-order valence-electron chi connectivity index (χ3n) is 3.55. The number of nitrogens with zero attached hydrogens (tertiary/aromatic N) is 2. The average molecular weight is 291 g/mol. The van der Waals surface area contributed by atoms with Gasteiger partial charge >= 0.3 is 0 Å². The summed E-state index contributed by atoms with van der Waals surface area (Å²) in [5.41, 5.74) is 1.18. The lowest BCUT2D eigenvalue weighted by atomic mass is 10.1. The molecule has 20 heavy (non-hydrogen) atoms. The summed E-state index contributed by atoms with van der Waals surface area (Å²) in [6, 6.07) is 7.73. The average Bonchev–Trinajstić information content (AvgIpc) is 3.08. The normalized spacial score (nSPS) is 20.6. The Kier molecular flexibility index (Phi) is 3.69. The van der Waals surface area contributed by atoms with Gasteiger partial charge in [0, 0.05) is 23.9 Å². The Balaban J connectivity index is 1.46. The van der Waals surface area contributed by atoms with Crippen LogP contribution in [-0.4, -0.2) is 27.6 Å². The van der Waals surface area contributed by atoms with Crippen LogP contribution in [-0.2, 0) is 11.2 Å². The zero-order valence-corrected chi connectivity index (χ0v) is 11.6. The number of aromatic amines is 1. The molecule has 2 N–H and O–H groups in total. The van der Waals surface area contributed by atoms with Gasteiger partial charge in [0.2, 0.25) is 5.91 Å². The molecule has 1 aromatic carbocycles. The fourth-order valence-electron chi connectivity index (χ4n) is 2.35. The molecular weight excluding hydrogens is 276 g/mol. The lowest BCUT2D eigenvalue weighted by molar-refractivity contribution is -0.122. The van der Waals surface area contributed by atoms with Gasteiger partial charge in [0.15, 0.2) is 0 Å². The van der Waals surface area contributed by atoms with Gasteiger partial charge in [0.1, 0.15) is 12.2 Å². The van der Waals surface area contributed by atoms with E-state index in [2.05, 4.69) is 20.5 Å². The van der Waals surface area contributed by atoms with E-state index in [0.29, 0.717) is 18.9 Å². The number of hydrogen-bond donors (Lipinski definition) is 2. The summed E-state index contributed by atoms with van der Waals surface area (Å²) in [5, 5.41) is 10.2. The van der Waals surface area contributed by atoms with E-state index >= 15 is 0 Å². The summed E-state index contributed by atoms with van der Waals surface area (Å²) in [6.07, 6.45) is 3.05. The molecule has 2 aromatic rings. The molecule has 0 bridgehead atoms. The highest BCUT2D eigenvalue weighted by Crippen LogP contribution is 2.47. The van der Waals surface area contributed by atoms with Gasteiger partial charge in [-0.15, -0.1) is 0 Å². The van der Waals surface area contributed by atoms with E-state index in [1.54, 1.807) is 0 Å². The summed E-state index contributed by atoms with van der Waals surface area (Å²) in [5.74, 6) is 1.32. The second-order valence-corrected chi connectivity index (χ2v) is 5.41. The van der Waals surface area contributed by atoms with Crippen molar-refractivity contribution in [3.05, 3.63) is 47.0 Å². The molecule has 3 rings (SSSR count). The smallest absolute Gasteiger partial charge is 0.223 e. The van der Waals surface area contributed by atoms with Crippen LogP contribution in [0.4, 0.5) is 0 Å². The maximum atomic E-state index is 12.0. The van der Waals surface area contributed by atoms with Crippen molar-refractivity contribution in [2.75, 3.05) is 6.54 Å². The zero-order valence-electron chi connectivity index (χ0n) is 10.8. The van der Waals surface area contributed by atoms with Crippen LogP contribution in [0.1, 0.15) is 23.7 Å². The molecule has 1 heterocycles. The second-order valence-electron chi connectivity index (χ2n) is 4.97. The molecule has 0 saturated heterocycles. The fraction of sp³-hybridized carbons (Fsp3) is 0.357. The number of hydrogen-bond acceptors (Lipinski definition) is 3. The number of halogens is 1. The van der Waals surface area contributed by atoms with Crippen molar-refractivity contribution >= 4 is 17.5 Å². The summed E-state index contributed by atoms with van der Waals surface area (Å²) in [7, 11) is 0. The molecule has 1 aliphatic carbocycles. The maximum Gasteiger partial charge on any atom is 0.223 e. The molecule has 1 aromatic heterocycles. The first-order chi connectivity index (χ1) is 9.74. The topological polar surface area (TPSA) is 70.7 Å². The minimum absolute atomic E-state index is 0.0888. The molecule has 0 radical (unpaired) electrons. The van der Waals surface area contributed by atoms with Gasteiger partial charge in [-0.3, -0.25) is 9.89 Å². The van der Waals surface area contributed by atoms with Crippen molar-refractivity contribution in [1.29, 1.82) is 0 Å². The summed E-state index contributed by atoms with van der Waals surface area (Å²) < 4.78 is 0. The van der Waals surface area contributed by atoms with Crippen molar-refractivity contribution in [3.8, 4) is 0 Å². The van der Waals surface area contributed by atoms with Gasteiger partial charge in [-0.25, -0.2) is 4.98 Å². The highest BCUT2D eigenvalue weighted by Gasteiger charge is 2.43. The van der Waals surface area contributed by atoms with Crippen molar-refractivity contribution in [2.45, 2.75) is 18.8 Å². The summed E-state index contributed by atoms with van der Waals surface area (Å²) in [6.45, 7) is 0.581. The molecule has 1 amide bonds. The van der Waals surface area contributed by atoms with Crippen molar-refractivity contribution < 1.29 is 4.79 Å². The van der Waals surface area contributed by atoms with Crippen molar-refractivity contribution in [3.63, 3.8) is 0 Å². The lowest BCUT2D eigenvalue weighted by Crippen LogP contribution is -2.27. The first kappa shape index (κ1) is 13.1. The number of carbonyl (C=O) groups excluding carboxylic acids is 1. The highest BCUT2D eigenvalue weighted by molar-refractivity contribution is 6.30. The van der Waals surface area contributed by atoms with Gasteiger partial charge in [-0.2, -0.15) is 5.10 Å². The van der Waals surface area contributed by atoms with Gasteiger partial charge in [-0.1, -0.05) is 23.7 Å². The highest BCUT2D eigenvalue weighted by atomic mass is 35.5. The van der Waals surface area contributed by atoms with Crippen molar-refractivity contribution in [2.24, 2.45) is 5.92 Å². The first-order valence-corrected chi connectivity index (χ1v) is 6.99. The molecule has 0 aliphatic heterocycles. The standard InChI is InChI=1S/C14H15ClN4O/c15-10-3-1-9(2-4-10)11-7-12(11)14(20)16-6-5-13-17-8-18-19-13/h1-4,8,11-12H,5-7H2,(H,16,20)(H,17,18,19). The number of amides is 1.